The lowest BCUT2D eigenvalue weighted by Crippen LogP contribution is -2.46. The van der Waals surface area contributed by atoms with Crippen molar-refractivity contribution in [3.05, 3.63) is 23.8 Å². The first kappa shape index (κ1) is 15.9. The number of ether oxygens (including phenoxy) is 2. The number of hydrogen-bond acceptors (Lipinski definition) is 4. The molecule has 0 saturated heterocycles. The minimum Gasteiger partial charge on any atom is -0.497 e. The number of benzene rings is 1. The van der Waals surface area contributed by atoms with Crippen LogP contribution in [0.3, 0.4) is 0 Å². The summed E-state index contributed by atoms with van der Waals surface area (Å²) in [5, 5.41) is 5.26. The van der Waals surface area contributed by atoms with E-state index in [9.17, 15) is 9.59 Å². The molecule has 1 aromatic rings. The van der Waals surface area contributed by atoms with Gasteiger partial charge in [-0.1, -0.05) is 0 Å². The standard InChI is InChI=1S/C15H21N3O4/c1-15(2)7-11(18-14(20)17-8-13(16)19)10-6-9(21-3)4-5-12(10)22-15/h4-6,11H,7-8H2,1-3H3,(H2,16,19)(H2,17,18,20)/t11-/m1/s1. The molecule has 7 nitrogen and oxygen atoms in total. The molecule has 0 aromatic heterocycles. The number of carbonyl (C=O) groups excluding carboxylic acids is 2. The zero-order valence-electron chi connectivity index (χ0n) is 12.9. The van der Waals surface area contributed by atoms with Crippen molar-refractivity contribution >= 4 is 11.9 Å². The molecule has 2 rings (SSSR count). The number of fused-ring (bicyclic) bond motifs is 1. The molecule has 1 aliphatic heterocycles. The van der Waals surface area contributed by atoms with Crippen molar-refractivity contribution in [2.75, 3.05) is 13.7 Å². The summed E-state index contributed by atoms with van der Waals surface area (Å²) >= 11 is 0. The Morgan fingerprint density at radius 2 is 2.18 bits per heavy atom. The van der Waals surface area contributed by atoms with Crippen LogP contribution in [0.5, 0.6) is 11.5 Å². The van der Waals surface area contributed by atoms with Crippen LogP contribution in [0.4, 0.5) is 4.79 Å². The van der Waals surface area contributed by atoms with Crippen LogP contribution < -0.4 is 25.8 Å². The van der Waals surface area contributed by atoms with Gasteiger partial charge in [-0.15, -0.1) is 0 Å². The molecule has 0 fully saturated rings. The third kappa shape index (κ3) is 3.81. The molecule has 0 bridgehead atoms. The predicted octanol–water partition coefficient (Wildman–Crippen LogP) is 1.08. The quantitative estimate of drug-likeness (QED) is 0.774. The summed E-state index contributed by atoms with van der Waals surface area (Å²) in [5.41, 5.74) is 5.44. The molecule has 0 radical (unpaired) electrons. The summed E-state index contributed by atoms with van der Waals surface area (Å²) in [6, 6.07) is 4.77. The Balaban J connectivity index is 2.20. The van der Waals surface area contributed by atoms with E-state index in [0.717, 1.165) is 5.56 Å². The summed E-state index contributed by atoms with van der Waals surface area (Å²) in [7, 11) is 1.58. The van der Waals surface area contributed by atoms with Crippen molar-refractivity contribution in [3.8, 4) is 11.5 Å². The number of rotatable bonds is 4. The normalized spacial score (nSPS) is 18.6. The van der Waals surface area contributed by atoms with E-state index in [-0.39, 0.29) is 12.6 Å². The molecular weight excluding hydrogens is 286 g/mol. The molecule has 0 spiro atoms. The van der Waals surface area contributed by atoms with Gasteiger partial charge in [-0.3, -0.25) is 4.79 Å². The van der Waals surface area contributed by atoms with Gasteiger partial charge in [0.05, 0.1) is 19.7 Å². The number of urea groups is 1. The average Bonchev–Trinajstić information content (AvgIpc) is 2.43. The summed E-state index contributed by atoms with van der Waals surface area (Å²) in [6.07, 6.45) is 0.594. The fourth-order valence-electron chi connectivity index (χ4n) is 2.47. The Hall–Kier alpha value is -2.44. The summed E-state index contributed by atoms with van der Waals surface area (Å²) in [5.74, 6) is 0.799. The maximum absolute atomic E-state index is 11.9. The van der Waals surface area contributed by atoms with E-state index in [1.165, 1.54) is 0 Å². The Labute approximate surface area is 129 Å². The lowest BCUT2D eigenvalue weighted by Gasteiger charge is -2.38. The number of primary amides is 1. The first-order valence-corrected chi connectivity index (χ1v) is 7.00. The van der Waals surface area contributed by atoms with Crippen LogP contribution in [-0.2, 0) is 4.79 Å². The van der Waals surface area contributed by atoms with Gasteiger partial charge in [0, 0.05) is 12.0 Å². The van der Waals surface area contributed by atoms with Crippen molar-refractivity contribution in [2.45, 2.75) is 31.9 Å². The minimum atomic E-state index is -0.593. The third-order valence-corrected chi connectivity index (χ3v) is 3.40. The van der Waals surface area contributed by atoms with E-state index in [4.69, 9.17) is 15.2 Å². The summed E-state index contributed by atoms with van der Waals surface area (Å²) in [4.78, 5) is 22.6. The molecular formula is C15H21N3O4. The smallest absolute Gasteiger partial charge is 0.315 e. The molecule has 1 aromatic carbocycles. The first-order valence-electron chi connectivity index (χ1n) is 7.00. The SMILES string of the molecule is COc1ccc2c(c1)[C@H](NC(=O)NCC(N)=O)CC(C)(C)O2. The van der Waals surface area contributed by atoms with Gasteiger partial charge in [0.25, 0.3) is 0 Å². The Kier molecular flexibility index (Phi) is 4.44. The van der Waals surface area contributed by atoms with Crippen LogP contribution in [0.25, 0.3) is 0 Å². The van der Waals surface area contributed by atoms with E-state index in [1.807, 2.05) is 32.0 Å². The summed E-state index contributed by atoms with van der Waals surface area (Å²) in [6.45, 7) is 3.70. The highest BCUT2D eigenvalue weighted by Crippen LogP contribution is 2.40. The van der Waals surface area contributed by atoms with Crippen molar-refractivity contribution in [3.63, 3.8) is 0 Å². The molecule has 1 heterocycles. The van der Waals surface area contributed by atoms with Crippen molar-refractivity contribution in [2.24, 2.45) is 5.73 Å². The van der Waals surface area contributed by atoms with Crippen LogP contribution in [0.1, 0.15) is 31.9 Å². The molecule has 120 valence electrons. The Morgan fingerprint density at radius 3 is 2.82 bits per heavy atom. The molecule has 1 atom stereocenters. The van der Waals surface area contributed by atoms with Crippen molar-refractivity contribution < 1.29 is 19.1 Å². The number of nitrogens with one attached hydrogen (secondary N) is 2. The third-order valence-electron chi connectivity index (χ3n) is 3.40. The number of carbonyl (C=O) groups is 2. The second-order valence-corrected chi connectivity index (χ2v) is 5.82. The minimum absolute atomic E-state index is 0.205. The largest absolute Gasteiger partial charge is 0.497 e. The van der Waals surface area contributed by atoms with Crippen LogP contribution >= 0.6 is 0 Å². The highest BCUT2D eigenvalue weighted by Gasteiger charge is 2.34. The molecule has 0 unspecified atom stereocenters. The van der Waals surface area contributed by atoms with Crippen LogP contribution in [0.15, 0.2) is 18.2 Å². The number of nitrogens with two attached hydrogens (primary N) is 1. The van der Waals surface area contributed by atoms with E-state index in [0.29, 0.717) is 17.9 Å². The summed E-state index contributed by atoms with van der Waals surface area (Å²) < 4.78 is 11.1. The van der Waals surface area contributed by atoms with Crippen molar-refractivity contribution in [1.29, 1.82) is 0 Å². The Morgan fingerprint density at radius 1 is 1.45 bits per heavy atom. The van der Waals surface area contributed by atoms with Gasteiger partial charge < -0.3 is 25.8 Å². The maximum Gasteiger partial charge on any atom is 0.315 e. The maximum atomic E-state index is 11.9. The lowest BCUT2D eigenvalue weighted by atomic mass is 9.89. The predicted molar refractivity (Wildman–Crippen MR) is 80.8 cm³/mol. The van der Waals surface area contributed by atoms with E-state index in [1.54, 1.807) is 7.11 Å². The topological polar surface area (TPSA) is 103 Å². The second kappa shape index (κ2) is 6.13. The fraction of sp³-hybridized carbons (Fsp3) is 0.467. The van der Waals surface area contributed by atoms with E-state index < -0.39 is 17.5 Å². The number of amides is 3. The highest BCUT2D eigenvalue weighted by molar-refractivity contribution is 5.83. The fourth-order valence-corrected chi connectivity index (χ4v) is 2.47. The first-order chi connectivity index (χ1) is 10.3. The van der Waals surface area contributed by atoms with Gasteiger partial charge in [0.15, 0.2) is 0 Å². The van der Waals surface area contributed by atoms with Gasteiger partial charge >= 0.3 is 6.03 Å². The van der Waals surface area contributed by atoms with Gasteiger partial charge in [0.2, 0.25) is 5.91 Å². The van der Waals surface area contributed by atoms with Gasteiger partial charge in [0.1, 0.15) is 17.1 Å². The van der Waals surface area contributed by atoms with Crippen LogP contribution in [0, 0.1) is 0 Å². The molecule has 0 aliphatic carbocycles. The van der Waals surface area contributed by atoms with Crippen LogP contribution in [-0.4, -0.2) is 31.2 Å². The lowest BCUT2D eigenvalue weighted by molar-refractivity contribution is -0.117. The average molecular weight is 307 g/mol. The molecule has 1 aliphatic rings. The van der Waals surface area contributed by atoms with Crippen LogP contribution in [0.2, 0.25) is 0 Å². The van der Waals surface area contributed by atoms with Gasteiger partial charge in [-0.2, -0.15) is 0 Å². The van der Waals surface area contributed by atoms with E-state index in [2.05, 4.69) is 10.6 Å². The monoisotopic (exact) mass is 307 g/mol. The van der Waals surface area contributed by atoms with E-state index >= 15 is 0 Å². The number of methoxy groups -OCH3 is 1. The zero-order valence-corrected chi connectivity index (χ0v) is 12.9. The molecule has 0 saturated carbocycles. The second-order valence-electron chi connectivity index (χ2n) is 5.82. The Bertz CT molecular complexity index is 586. The molecule has 7 heteroatoms. The molecule has 3 amide bonds. The zero-order chi connectivity index (χ0) is 16.3. The molecule has 4 N–H and O–H groups in total. The van der Waals surface area contributed by atoms with Gasteiger partial charge in [-0.05, 0) is 32.0 Å². The van der Waals surface area contributed by atoms with Crippen molar-refractivity contribution in [1.82, 2.24) is 10.6 Å². The highest BCUT2D eigenvalue weighted by atomic mass is 16.5. The molecule has 22 heavy (non-hydrogen) atoms. The van der Waals surface area contributed by atoms with Gasteiger partial charge in [-0.25, -0.2) is 4.79 Å². The number of hydrogen-bond donors (Lipinski definition) is 3.